The molecule has 20 heavy (non-hydrogen) atoms. The van der Waals surface area contributed by atoms with E-state index in [2.05, 4.69) is 15.5 Å². The van der Waals surface area contributed by atoms with Crippen LogP contribution in [0.5, 0.6) is 0 Å². The fourth-order valence-electron chi connectivity index (χ4n) is 3.59. The van der Waals surface area contributed by atoms with Crippen LogP contribution in [0.2, 0.25) is 0 Å². The number of aryl methyl sites for hydroxylation is 2. The van der Waals surface area contributed by atoms with E-state index in [1.165, 1.54) is 12.8 Å². The molecule has 2 atom stereocenters. The van der Waals surface area contributed by atoms with E-state index in [-0.39, 0.29) is 6.04 Å². The van der Waals surface area contributed by atoms with E-state index in [0.717, 1.165) is 12.8 Å². The van der Waals surface area contributed by atoms with E-state index in [1.54, 1.807) is 25.2 Å². The van der Waals surface area contributed by atoms with E-state index in [9.17, 15) is 8.42 Å². The van der Waals surface area contributed by atoms with Crippen molar-refractivity contribution in [2.24, 2.45) is 0 Å². The second-order valence-electron chi connectivity index (χ2n) is 6.05. The van der Waals surface area contributed by atoms with Crippen molar-refractivity contribution in [2.45, 2.75) is 62.6 Å². The molecule has 1 aromatic rings. The van der Waals surface area contributed by atoms with Crippen LogP contribution < -0.4 is 5.32 Å². The summed E-state index contributed by atoms with van der Waals surface area (Å²) >= 11 is 0. The van der Waals surface area contributed by atoms with Crippen molar-refractivity contribution < 1.29 is 8.42 Å². The number of rotatable bonds is 3. The van der Waals surface area contributed by atoms with Gasteiger partial charge in [-0.3, -0.25) is 5.10 Å². The molecule has 0 aliphatic carbocycles. The molecule has 0 aromatic carbocycles. The summed E-state index contributed by atoms with van der Waals surface area (Å²) in [5, 5.41) is 10.3. The average molecular weight is 298 g/mol. The number of hydrogen-bond acceptors (Lipinski definition) is 4. The first-order valence-corrected chi connectivity index (χ1v) is 8.59. The van der Waals surface area contributed by atoms with Gasteiger partial charge in [-0.25, -0.2) is 8.42 Å². The van der Waals surface area contributed by atoms with Crippen LogP contribution in [0.15, 0.2) is 4.90 Å². The van der Waals surface area contributed by atoms with Crippen molar-refractivity contribution in [2.75, 3.05) is 7.05 Å². The van der Waals surface area contributed by atoms with Gasteiger partial charge in [0.1, 0.15) is 4.90 Å². The van der Waals surface area contributed by atoms with Crippen molar-refractivity contribution in [3.8, 4) is 0 Å². The molecule has 0 saturated carbocycles. The third-order valence-electron chi connectivity index (χ3n) is 4.66. The van der Waals surface area contributed by atoms with Crippen molar-refractivity contribution in [3.05, 3.63) is 11.4 Å². The van der Waals surface area contributed by atoms with Gasteiger partial charge in [0.15, 0.2) is 0 Å². The van der Waals surface area contributed by atoms with Gasteiger partial charge >= 0.3 is 0 Å². The Morgan fingerprint density at radius 2 is 1.80 bits per heavy atom. The molecule has 2 saturated heterocycles. The second kappa shape index (κ2) is 4.82. The number of fused-ring (bicyclic) bond motifs is 2. The molecule has 2 fully saturated rings. The lowest BCUT2D eigenvalue weighted by molar-refractivity contribution is 0.251. The van der Waals surface area contributed by atoms with Gasteiger partial charge < -0.3 is 5.32 Å². The molecule has 112 valence electrons. The van der Waals surface area contributed by atoms with Crippen LogP contribution in [0, 0.1) is 13.8 Å². The third kappa shape index (κ3) is 2.17. The first kappa shape index (κ1) is 14.0. The number of nitrogens with zero attached hydrogens (tertiary/aromatic N) is 2. The molecule has 2 bridgehead atoms. The molecule has 2 aliphatic rings. The summed E-state index contributed by atoms with van der Waals surface area (Å²) in [5.74, 6) is 0. The Hall–Kier alpha value is -0.920. The fourth-order valence-corrected chi connectivity index (χ4v) is 5.29. The lowest BCUT2D eigenvalue weighted by Crippen LogP contribution is -2.48. The SMILES string of the molecule is Cc1n[nH]c(C)c1S(=O)(=O)N(C)C1CC2CCC(C1)N2. The van der Waals surface area contributed by atoms with E-state index >= 15 is 0 Å². The van der Waals surface area contributed by atoms with Crippen LogP contribution in [0.25, 0.3) is 0 Å². The highest BCUT2D eigenvalue weighted by Gasteiger charge is 2.39. The van der Waals surface area contributed by atoms with Crippen molar-refractivity contribution >= 4 is 10.0 Å². The predicted molar refractivity (Wildman–Crippen MR) is 76.0 cm³/mol. The Kier molecular flexibility index (Phi) is 3.38. The molecular formula is C13H22N4O2S. The Morgan fingerprint density at radius 3 is 2.30 bits per heavy atom. The number of nitrogens with one attached hydrogen (secondary N) is 2. The number of H-pyrrole nitrogens is 1. The molecule has 0 amide bonds. The zero-order valence-corrected chi connectivity index (χ0v) is 13.0. The smallest absolute Gasteiger partial charge is 0.246 e. The molecule has 2 aliphatic heterocycles. The minimum atomic E-state index is -3.46. The number of aromatic amines is 1. The van der Waals surface area contributed by atoms with Gasteiger partial charge in [0.25, 0.3) is 0 Å². The van der Waals surface area contributed by atoms with Gasteiger partial charge in [0.05, 0.1) is 11.4 Å². The van der Waals surface area contributed by atoms with Crippen molar-refractivity contribution in [3.63, 3.8) is 0 Å². The Labute approximate surface area is 120 Å². The lowest BCUT2D eigenvalue weighted by Gasteiger charge is -2.34. The van der Waals surface area contributed by atoms with Crippen LogP contribution in [0.3, 0.4) is 0 Å². The van der Waals surface area contributed by atoms with Crippen LogP contribution in [0.4, 0.5) is 0 Å². The lowest BCUT2D eigenvalue weighted by atomic mass is 10.0. The minimum Gasteiger partial charge on any atom is -0.311 e. The number of hydrogen-bond donors (Lipinski definition) is 2. The van der Waals surface area contributed by atoms with E-state index < -0.39 is 10.0 Å². The monoisotopic (exact) mass is 298 g/mol. The standard InChI is InChI=1S/C13H22N4O2S/c1-8-13(9(2)16-15-8)20(18,19)17(3)12-6-10-4-5-11(7-12)14-10/h10-12,14H,4-7H2,1-3H3,(H,15,16). The average Bonchev–Trinajstić information content (AvgIpc) is 2.91. The molecule has 1 aromatic heterocycles. The molecule has 3 heterocycles. The number of piperidine rings is 1. The largest absolute Gasteiger partial charge is 0.311 e. The normalized spacial score (nSPS) is 30.1. The molecule has 0 spiro atoms. The van der Waals surface area contributed by atoms with Crippen LogP contribution in [-0.4, -0.2) is 48.1 Å². The zero-order chi connectivity index (χ0) is 14.5. The maximum atomic E-state index is 12.8. The van der Waals surface area contributed by atoms with Crippen LogP contribution in [-0.2, 0) is 10.0 Å². The number of sulfonamides is 1. The van der Waals surface area contributed by atoms with Crippen LogP contribution in [0.1, 0.15) is 37.1 Å². The Balaban J connectivity index is 1.88. The zero-order valence-electron chi connectivity index (χ0n) is 12.2. The highest BCUT2D eigenvalue weighted by atomic mass is 32.2. The summed E-state index contributed by atoms with van der Waals surface area (Å²) in [6, 6.07) is 1.04. The summed E-state index contributed by atoms with van der Waals surface area (Å²) in [5.41, 5.74) is 1.16. The molecule has 6 nitrogen and oxygen atoms in total. The quantitative estimate of drug-likeness (QED) is 0.870. The summed E-state index contributed by atoms with van der Waals surface area (Å²) in [4.78, 5) is 0.339. The van der Waals surface area contributed by atoms with Gasteiger partial charge in [-0.2, -0.15) is 9.40 Å². The van der Waals surface area contributed by atoms with Crippen LogP contribution >= 0.6 is 0 Å². The van der Waals surface area contributed by atoms with Crippen molar-refractivity contribution in [1.29, 1.82) is 0 Å². The van der Waals surface area contributed by atoms with Gasteiger partial charge in [-0.1, -0.05) is 0 Å². The predicted octanol–water partition coefficient (Wildman–Crippen LogP) is 0.930. The van der Waals surface area contributed by atoms with Gasteiger partial charge in [-0.05, 0) is 39.5 Å². The number of aromatic nitrogens is 2. The van der Waals surface area contributed by atoms with Gasteiger partial charge in [-0.15, -0.1) is 0 Å². The highest BCUT2D eigenvalue weighted by molar-refractivity contribution is 7.89. The van der Waals surface area contributed by atoms with E-state index in [4.69, 9.17) is 0 Å². The van der Waals surface area contributed by atoms with E-state index in [1.807, 2.05) is 0 Å². The molecular weight excluding hydrogens is 276 g/mol. The summed E-state index contributed by atoms with van der Waals surface area (Å²) in [6.07, 6.45) is 4.14. The topological polar surface area (TPSA) is 78.1 Å². The molecule has 7 heteroatoms. The first-order chi connectivity index (χ1) is 9.39. The summed E-state index contributed by atoms with van der Waals surface area (Å²) in [6.45, 7) is 3.49. The Bertz CT molecular complexity index is 578. The fraction of sp³-hybridized carbons (Fsp3) is 0.769. The van der Waals surface area contributed by atoms with Crippen molar-refractivity contribution in [1.82, 2.24) is 19.8 Å². The Morgan fingerprint density at radius 1 is 1.20 bits per heavy atom. The summed E-state index contributed by atoms with van der Waals surface area (Å²) < 4.78 is 27.2. The summed E-state index contributed by atoms with van der Waals surface area (Å²) in [7, 11) is -1.76. The minimum absolute atomic E-state index is 0.0902. The maximum Gasteiger partial charge on any atom is 0.246 e. The maximum absolute atomic E-state index is 12.8. The molecule has 0 radical (unpaired) electrons. The second-order valence-corrected chi connectivity index (χ2v) is 7.98. The van der Waals surface area contributed by atoms with E-state index in [0.29, 0.717) is 28.4 Å². The first-order valence-electron chi connectivity index (χ1n) is 7.15. The molecule has 2 N–H and O–H groups in total. The third-order valence-corrected chi connectivity index (χ3v) is 6.83. The van der Waals surface area contributed by atoms with Gasteiger partial charge in [0.2, 0.25) is 10.0 Å². The highest BCUT2D eigenvalue weighted by Crippen LogP contribution is 2.32. The van der Waals surface area contributed by atoms with Gasteiger partial charge in [0, 0.05) is 25.2 Å². The molecule has 2 unspecified atom stereocenters. The molecule has 3 rings (SSSR count).